The van der Waals surface area contributed by atoms with Crippen LogP contribution in [-0.2, 0) is 14.0 Å². The van der Waals surface area contributed by atoms with E-state index in [1.807, 2.05) is 72.8 Å². The molecule has 1 aliphatic heterocycles. The molecule has 2 aliphatic rings. The number of allylic oxidation sites excluding steroid dienone is 1. The Morgan fingerprint density at radius 2 is 1.40 bits per heavy atom. The summed E-state index contributed by atoms with van der Waals surface area (Å²) in [5.41, 5.74) is 4.05. The van der Waals surface area contributed by atoms with Gasteiger partial charge in [-0.1, -0.05) is 155 Å². The van der Waals surface area contributed by atoms with Crippen molar-refractivity contribution in [1.29, 1.82) is 0 Å². The van der Waals surface area contributed by atoms with E-state index in [0.29, 0.717) is 24.1 Å². The number of amides is 2. The van der Waals surface area contributed by atoms with Crippen molar-refractivity contribution in [2.45, 2.75) is 70.9 Å². The Balaban J connectivity index is 1.30. The molecular weight excluding hydrogens is 739 g/mol. The molecule has 8 heteroatoms. The Labute approximate surface area is 343 Å². The number of aliphatic hydroxyl groups is 2. The minimum Gasteiger partial charge on any atom is -0.507 e. The molecule has 7 rings (SSSR count). The molecule has 0 aromatic heterocycles. The van der Waals surface area contributed by atoms with Crippen LogP contribution in [0, 0.1) is 17.8 Å². The SMILES string of the molecule is CCC/C(=C\c1ccc(O)c2ccccc12)CC[C@@H](O)C1=C(CO[Si](c2ccccc2)(c2ccccc2)C(C)(C)C)C[C@H]2C(=O)N(c3ccccc3)C(=O)[C@H]2[C@H]1CO. The summed E-state index contributed by atoms with van der Waals surface area (Å²) in [5.74, 6) is -2.68. The van der Waals surface area contributed by atoms with Gasteiger partial charge in [-0.3, -0.25) is 14.5 Å². The summed E-state index contributed by atoms with van der Waals surface area (Å²) in [5, 5.41) is 37.9. The molecule has 5 aromatic carbocycles. The van der Waals surface area contributed by atoms with Crippen LogP contribution in [-0.4, -0.2) is 54.8 Å². The summed E-state index contributed by atoms with van der Waals surface area (Å²) in [4.78, 5) is 29.9. The van der Waals surface area contributed by atoms with Gasteiger partial charge in [0.25, 0.3) is 8.32 Å². The lowest BCUT2D eigenvalue weighted by Crippen LogP contribution is -2.66. The average Bonchev–Trinajstić information content (AvgIpc) is 3.49. The molecule has 0 saturated carbocycles. The fourth-order valence-electron chi connectivity index (χ4n) is 9.60. The molecule has 58 heavy (non-hydrogen) atoms. The lowest BCUT2D eigenvalue weighted by Gasteiger charge is -2.44. The van der Waals surface area contributed by atoms with E-state index in [1.54, 1.807) is 30.3 Å². The molecule has 3 N–H and O–H groups in total. The van der Waals surface area contributed by atoms with Crippen LogP contribution >= 0.6 is 0 Å². The number of hydrogen-bond acceptors (Lipinski definition) is 6. The van der Waals surface area contributed by atoms with Crippen molar-refractivity contribution in [3.63, 3.8) is 0 Å². The second-order valence-electron chi connectivity index (χ2n) is 16.8. The van der Waals surface area contributed by atoms with Crippen molar-refractivity contribution < 1.29 is 29.3 Å². The maximum atomic E-state index is 14.3. The molecule has 0 unspecified atom stereocenters. The zero-order valence-corrected chi connectivity index (χ0v) is 35.0. The van der Waals surface area contributed by atoms with E-state index in [1.165, 1.54) is 4.90 Å². The highest BCUT2D eigenvalue weighted by Gasteiger charge is 2.56. The fraction of sp³-hybridized carbons (Fsp3) is 0.320. The lowest BCUT2D eigenvalue weighted by atomic mass is 9.68. The number of phenolic OH excluding ortho intramolecular Hbond substituents is 1. The summed E-state index contributed by atoms with van der Waals surface area (Å²) in [6, 6.07) is 41.1. The Bertz CT molecular complexity index is 2260. The number of carbonyl (C=O) groups excluding carboxylic acids is 2. The number of anilines is 1. The highest BCUT2D eigenvalue weighted by atomic mass is 28.4. The number of hydrogen-bond donors (Lipinski definition) is 3. The first kappa shape index (κ1) is 41.1. The molecule has 300 valence electrons. The Kier molecular flexibility index (Phi) is 12.3. The first-order valence-corrected chi connectivity index (χ1v) is 22.5. The lowest BCUT2D eigenvalue weighted by molar-refractivity contribution is -0.123. The summed E-state index contributed by atoms with van der Waals surface area (Å²) in [6.07, 6.45) is 4.07. The molecule has 2 amide bonds. The van der Waals surface area contributed by atoms with Gasteiger partial charge in [0.15, 0.2) is 0 Å². The van der Waals surface area contributed by atoms with Crippen LogP contribution in [0.25, 0.3) is 16.8 Å². The smallest absolute Gasteiger partial charge is 0.261 e. The van der Waals surface area contributed by atoms with Crippen molar-refractivity contribution in [2.24, 2.45) is 17.8 Å². The zero-order chi connectivity index (χ0) is 41.0. The van der Waals surface area contributed by atoms with E-state index in [0.717, 1.165) is 50.7 Å². The van der Waals surface area contributed by atoms with Crippen LogP contribution in [0.3, 0.4) is 0 Å². The number of benzene rings is 5. The van der Waals surface area contributed by atoms with E-state index in [2.05, 4.69) is 58.0 Å². The number of fused-ring (bicyclic) bond motifs is 2. The van der Waals surface area contributed by atoms with E-state index in [4.69, 9.17) is 4.43 Å². The number of para-hydroxylation sites is 1. The van der Waals surface area contributed by atoms with Crippen LogP contribution in [0.4, 0.5) is 5.69 Å². The Morgan fingerprint density at radius 1 is 0.810 bits per heavy atom. The van der Waals surface area contributed by atoms with Gasteiger partial charge in [0.1, 0.15) is 5.75 Å². The third-order valence-corrected chi connectivity index (χ3v) is 17.2. The highest BCUT2D eigenvalue weighted by Crippen LogP contribution is 2.48. The maximum absolute atomic E-state index is 14.3. The number of aliphatic hydroxyl groups excluding tert-OH is 2. The van der Waals surface area contributed by atoms with Gasteiger partial charge in [-0.05, 0) is 81.4 Å². The quantitative estimate of drug-likeness (QED) is 0.0591. The topological polar surface area (TPSA) is 107 Å². The second-order valence-corrected chi connectivity index (χ2v) is 21.1. The molecule has 1 aliphatic carbocycles. The molecule has 5 aromatic rings. The number of imide groups is 1. The van der Waals surface area contributed by atoms with Crippen LogP contribution in [0.1, 0.15) is 65.4 Å². The number of rotatable bonds is 14. The summed E-state index contributed by atoms with van der Waals surface area (Å²) in [6.45, 7) is 8.52. The van der Waals surface area contributed by atoms with Crippen LogP contribution in [0.5, 0.6) is 5.75 Å². The van der Waals surface area contributed by atoms with Crippen LogP contribution in [0.2, 0.25) is 5.04 Å². The van der Waals surface area contributed by atoms with E-state index >= 15 is 0 Å². The third kappa shape index (κ3) is 7.74. The Hall–Kier alpha value is -5.12. The van der Waals surface area contributed by atoms with Gasteiger partial charge >= 0.3 is 0 Å². The number of nitrogens with zero attached hydrogens (tertiary/aromatic N) is 1. The molecule has 1 heterocycles. The molecule has 1 fully saturated rings. The first-order valence-electron chi connectivity index (χ1n) is 20.6. The summed E-state index contributed by atoms with van der Waals surface area (Å²) in [7, 11) is -3.04. The molecule has 0 radical (unpaired) electrons. The Morgan fingerprint density at radius 3 is 1.98 bits per heavy atom. The van der Waals surface area contributed by atoms with Gasteiger partial charge in [-0.15, -0.1) is 0 Å². The predicted molar refractivity (Wildman–Crippen MR) is 235 cm³/mol. The molecular formula is C50H55NO6Si. The number of carbonyl (C=O) groups is 2. The minimum atomic E-state index is -3.04. The van der Waals surface area contributed by atoms with Crippen molar-refractivity contribution in [2.75, 3.05) is 18.1 Å². The monoisotopic (exact) mass is 793 g/mol. The standard InChI is InChI=1S/C50H55NO6Si/c1-5-17-34(30-35-27-29-44(53)41-25-16-15-24-40(35)41)26-28-45(54)46-36(31-42-47(43(46)32-52)49(56)51(48(42)55)37-18-9-6-10-19-37)33-57-58(50(2,3)4,38-20-11-7-12-21-38)39-22-13-8-14-23-39/h6-16,18-25,27,29-30,42-43,45,47,52-54H,5,17,26,28,31-33H2,1-4H3/b34-30+/t42-,43+,45-,47-/m1/s1. The van der Waals surface area contributed by atoms with Gasteiger partial charge in [0.2, 0.25) is 11.8 Å². The van der Waals surface area contributed by atoms with Gasteiger partial charge in [0.05, 0.1) is 36.8 Å². The van der Waals surface area contributed by atoms with Crippen LogP contribution in [0.15, 0.2) is 144 Å². The summed E-state index contributed by atoms with van der Waals surface area (Å²) < 4.78 is 7.44. The van der Waals surface area contributed by atoms with Crippen molar-refractivity contribution in [3.8, 4) is 5.75 Å². The molecule has 4 atom stereocenters. The fourth-order valence-corrected chi connectivity index (χ4v) is 14.1. The van der Waals surface area contributed by atoms with Gasteiger partial charge in [-0.2, -0.15) is 0 Å². The molecule has 0 bridgehead atoms. The predicted octanol–water partition coefficient (Wildman–Crippen LogP) is 8.56. The van der Waals surface area contributed by atoms with E-state index in [-0.39, 0.29) is 35.6 Å². The van der Waals surface area contributed by atoms with Crippen molar-refractivity contribution in [3.05, 3.63) is 150 Å². The van der Waals surface area contributed by atoms with Gasteiger partial charge in [0, 0.05) is 11.3 Å². The normalized spacial score (nSPS) is 19.5. The van der Waals surface area contributed by atoms with Gasteiger partial charge in [-0.25, -0.2) is 0 Å². The second kappa shape index (κ2) is 17.4. The highest BCUT2D eigenvalue weighted by molar-refractivity contribution is 6.99. The molecule has 0 spiro atoms. The van der Waals surface area contributed by atoms with Gasteiger partial charge < -0.3 is 19.7 Å². The van der Waals surface area contributed by atoms with Crippen molar-refractivity contribution in [1.82, 2.24) is 0 Å². The average molecular weight is 794 g/mol. The van der Waals surface area contributed by atoms with E-state index in [9.17, 15) is 24.9 Å². The largest absolute Gasteiger partial charge is 0.507 e. The zero-order valence-electron chi connectivity index (χ0n) is 34.0. The number of phenols is 1. The third-order valence-electron chi connectivity index (χ3n) is 12.2. The van der Waals surface area contributed by atoms with Crippen molar-refractivity contribution >= 4 is 53.0 Å². The molecule has 7 nitrogen and oxygen atoms in total. The summed E-state index contributed by atoms with van der Waals surface area (Å²) >= 11 is 0. The molecule has 1 saturated heterocycles. The number of aromatic hydroxyl groups is 1. The maximum Gasteiger partial charge on any atom is 0.261 e. The minimum absolute atomic E-state index is 0.142. The van der Waals surface area contributed by atoms with E-state index < -0.39 is 38.8 Å². The van der Waals surface area contributed by atoms with Crippen LogP contribution < -0.4 is 15.3 Å². The first-order chi connectivity index (χ1) is 28.0.